The largest absolute Gasteiger partial charge is 0.456 e. The predicted octanol–water partition coefficient (Wildman–Crippen LogP) is 12.5. The van der Waals surface area contributed by atoms with Gasteiger partial charge >= 0.3 is 0 Å². The van der Waals surface area contributed by atoms with E-state index >= 15 is 0 Å². The number of aliphatic imine (C=N–C) groups is 2. The molecule has 5 nitrogen and oxygen atoms in total. The van der Waals surface area contributed by atoms with Crippen LogP contribution in [0.4, 0.5) is 0 Å². The number of furan rings is 2. The summed E-state index contributed by atoms with van der Waals surface area (Å²) in [5.41, 5.74) is 10.8. The smallest absolute Gasteiger partial charge is 0.163 e. The average molecular weight is 694 g/mol. The van der Waals surface area contributed by atoms with Crippen molar-refractivity contribution in [3.8, 4) is 22.3 Å². The fourth-order valence-electron chi connectivity index (χ4n) is 7.97. The molecule has 0 saturated carbocycles. The lowest BCUT2D eigenvalue weighted by atomic mass is 9.94. The minimum absolute atomic E-state index is 0.346. The summed E-state index contributed by atoms with van der Waals surface area (Å²) in [5.74, 6) is 1.35. The van der Waals surface area contributed by atoms with Gasteiger partial charge in [0, 0.05) is 27.1 Å². The number of benzene rings is 8. The standard InChI is InChI=1S/C49H31N3O2/c1-2-12-33(13-3-1)47-50-48(52-49(51-47)40-20-9-19-39-38-16-6-7-21-42(38)54-46(39)40)34-27-28-43-41(29-34)45-37(18-10-22-44(45)53-43)32-25-23-31(24-26-32)36-17-8-14-30-11-4-5-15-35(30)36/h1-29,47H,(H,50,51,52). The zero-order chi connectivity index (χ0) is 35.6. The van der Waals surface area contributed by atoms with E-state index in [0.29, 0.717) is 5.84 Å². The van der Waals surface area contributed by atoms with Gasteiger partial charge in [-0.2, -0.15) is 0 Å². The Morgan fingerprint density at radius 3 is 1.96 bits per heavy atom. The highest BCUT2D eigenvalue weighted by molar-refractivity contribution is 6.21. The van der Waals surface area contributed by atoms with E-state index in [0.717, 1.165) is 77.5 Å². The Morgan fingerprint density at radius 1 is 0.444 bits per heavy atom. The molecule has 254 valence electrons. The Kier molecular flexibility index (Phi) is 6.85. The van der Waals surface area contributed by atoms with Crippen molar-refractivity contribution in [1.29, 1.82) is 0 Å². The molecule has 1 unspecified atom stereocenters. The Bertz CT molecular complexity index is 3130. The zero-order valence-corrected chi connectivity index (χ0v) is 29.0. The molecule has 1 aliphatic heterocycles. The first-order valence-electron chi connectivity index (χ1n) is 18.2. The van der Waals surface area contributed by atoms with Gasteiger partial charge in [0.25, 0.3) is 0 Å². The van der Waals surface area contributed by atoms with E-state index in [9.17, 15) is 0 Å². The molecule has 11 rings (SSSR count). The lowest BCUT2D eigenvalue weighted by Gasteiger charge is -2.23. The number of nitrogens with zero attached hydrogens (tertiary/aromatic N) is 2. The molecule has 0 aliphatic carbocycles. The number of para-hydroxylation sites is 2. The highest BCUT2D eigenvalue weighted by Crippen LogP contribution is 2.39. The molecule has 0 bridgehead atoms. The van der Waals surface area contributed by atoms with Gasteiger partial charge in [0.1, 0.15) is 34.3 Å². The highest BCUT2D eigenvalue weighted by atomic mass is 16.3. The summed E-state index contributed by atoms with van der Waals surface area (Å²) in [4.78, 5) is 10.4. The second-order valence-electron chi connectivity index (χ2n) is 13.7. The normalized spacial score (nSPS) is 14.5. The van der Waals surface area contributed by atoms with Crippen molar-refractivity contribution in [1.82, 2.24) is 5.32 Å². The van der Waals surface area contributed by atoms with Gasteiger partial charge in [-0.1, -0.05) is 140 Å². The van der Waals surface area contributed by atoms with Gasteiger partial charge in [0.05, 0.1) is 5.56 Å². The van der Waals surface area contributed by atoms with Crippen LogP contribution in [0.25, 0.3) is 76.9 Å². The van der Waals surface area contributed by atoms with E-state index in [1.165, 1.54) is 21.9 Å². The molecule has 0 radical (unpaired) electrons. The molecule has 5 heteroatoms. The maximum atomic E-state index is 6.46. The average Bonchev–Trinajstić information content (AvgIpc) is 3.82. The van der Waals surface area contributed by atoms with Crippen molar-refractivity contribution < 1.29 is 8.83 Å². The van der Waals surface area contributed by atoms with Gasteiger partial charge in [-0.15, -0.1) is 0 Å². The monoisotopic (exact) mass is 693 g/mol. The number of nitrogens with one attached hydrogen (secondary N) is 1. The lowest BCUT2D eigenvalue weighted by Crippen LogP contribution is -2.33. The van der Waals surface area contributed by atoms with E-state index in [1.54, 1.807) is 0 Å². The third-order valence-corrected chi connectivity index (χ3v) is 10.6. The number of fused-ring (bicyclic) bond motifs is 7. The maximum absolute atomic E-state index is 6.46. The second kappa shape index (κ2) is 12.2. The number of hydrogen-bond donors (Lipinski definition) is 1. The molecule has 0 saturated heterocycles. The molecular weight excluding hydrogens is 663 g/mol. The van der Waals surface area contributed by atoms with Crippen LogP contribution in [0.5, 0.6) is 0 Å². The molecule has 8 aromatic carbocycles. The molecule has 3 heterocycles. The third kappa shape index (κ3) is 4.94. The predicted molar refractivity (Wildman–Crippen MR) is 221 cm³/mol. The van der Waals surface area contributed by atoms with Crippen LogP contribution in [0.15, 0.2) is 195 Å². The van der Waals surface area contributed by atoms with E-state index in [2.05, 4.69) is 127 Å². The first-order valence-corrected chi connectivity index (χ1v) is 18.2. The summed E-state index contributed by atoms with van der Waals surface area (Å²) in [6.07, 6.45) is -0.346. The summed E-state index contributed by atoms with van der Waals surface area (Å²) >= 11 is 0. The van der Waals surface area contributed by atoms with Crippen molar-refractivity contribution in [2.45, 2.75) is 6.17 Å². The Labute approximate surface area is 310 Å². The first-order chi connectivity index (χ1) is 26.7. The lowest BCUT2D eigenvalue weighted by molar-refractivity contribution is 0.663. The molecule has 0 fully saturated rings. The van der Waals surface area contributed by atoms with Crippen LogP contribution < -0.4 is 5.32 Å². The van der Waals surface area contributed by atoms with Crippen LogP contribution in [0.3, 0.4) is 0 Å². The molecule has 2 aromatic heterocycles. The van der Waals surface area contributed by atoms with Crippen LogP contribution in [-0.4, -0.2) is 11.7 Å². The number of amidine groups is 2. The van der Waals surface area contributed by atoms with Crippen LogP contribution >= 0.6 is 0 Å². The minimum Gasteiger partial charge on any atom is -0.456 e. The van der Waals surface area contributed by atoms with E-state index in [-0.39, 0.29) is 6.17 Å². The SMILES string of the molecule is c1ccc(C2N=C(c3cccc4c3oc3ccccc34)N=C(c3ccc4oc5cccc(-c6ccc(-c7cccc8ccccc78)cc6)c5c4c3)N2)cc1. The molecule has 1 atom stereocenters. The molecule has 10 aromatic rings. The Morgan fingerprint density at radius 2 is 1.07 bits per heavy atom. The van der Waals surface area contributed by atoms with Gasteiger partial charge in [0.2, 0.25) is 0 Å². The summed E-state index contributed by atoms with van der Waals surface area (Å²) in [5, 5.41) is 10.4. The van der Waals surface area contributed by atoms with Gasteiger partial charge in [-0.3, -0.25) is 0 Å². The van der Waals surface area contributed by atoms with Crippen molar-refractivity contribution in [2.75, 3.05) is 0 Å². The molecule has 54 heavy (non-hydrogen) atoms. The topological polar surface area (TPSA) is 63.0 Å². The Hall–Kier alpha value is -7.24. The minimum atomic E-state index is -0.346. The van der Waals surface area contributed by atoms with Crippen LogP contribution in [0.1, 0.15) is 22.9 Å². The Balaban J connectivity index is 1.03. The van der Waals surface area contributed by atoms with Crippen molar-refractivity contribution >= 4 is 66.3 Å². The molecule has 1 aliphatic rings. The molecule has 0 amide bonds. The fourth-order valence-corrected chi connectivity index (χ4v) is 7.97. The van der Waals surface area contributed by atoms with E-state index < -0.39 is 0 Å². The zero-order valence-electron chi connectivity index (χ0n) is 29.0. The summed E-state index contributed by atoms with van der Waals surface area (Å²) in [7, 11) is 0. The van der Waals surface area contributed by atoms with Crippen LogP contribution in [0, 0.1) is 0 Å². The highest BCUT2D eigenvalue weighted by Gasteiger charge is 2.24. The van der Waals surface area contributed by atoms with Crippen LogP contribution in [0.2, 0.25) is 0 Å². The van der Waals surface area contributed by atoms with Gasteiger partial charge < -0.3 is 14.2 Å². The van der Waals surface area contributed by atoms with E-state index in [4.69, 9.17) is 18.8 Å². The van der Waals surface area contributed by atoms with Crippen molar-refractivity contribution in [3.05, 3.63) is 193 Å². The molecule has 1 N–H and O–H groups in total. The summed E-state index contributed by atoms with van der Waals surface area (Å²) < 4.78 is 12.9. The second-order valence-corrected chi connectivity index (χ2v) is 13.7. The molecular formula is C49H31N3O2. The quantitative estimate of drug-likeness (QED) is 0.195. The summed E-state index contributed by atoms with van der Waals surface area (Å²) in [6.45, 7) is 0. The van der Waals surface area contributed by atoms with Crippen molar-refractivity contribution in [3.63, 3.8) is 0 Å². The van der Waals surface area contributed by atoms with E-state index in [1.807, 2.05) is 54.6 Å². The fraction of sp³-hybridized carbons (Fsp3) is 0.0204. The third-order valence-electron chi connectivity index (χ3n) is 10.6. The van der Waals surface area contributed by atoms with Crippen LogP contribution in [-0.2, 0) is 0 Å². The summed E-state index contributed by atoms with van der Waals surface area (Å²) in [6, 6.07) is 61.1. The van der Waals surface area contributed by atoms with Gasteiger partial charge in [-0.05, 0) is 75.0 Å². The first kappa shape index (κ1) is 30.4. The van der Waals surface area contributed by atoms with Gasteiger partial charge in [-0.25, -0.2) is 9.98 Å². The number of rotatable bonds is 5. The number of hydrogen-bond acceptors (Lipinski definition) is 5. The van der Waals surface area contributed by atoms with Crippen molar-refractivity contribution in [2.24, 2.45) is 9.98 Å². The van der Waals surface area contributed by atoms with Gasteiger partial charge in [0.15, 0.2) is 5.84 Å². The maximum Gasteiger partial charge on any atom is 0.163 e. The molecule has 0 spiro atoms.